The van der Waals surface area contributed by atoms with Gasteiger partial charge in [-0.15, -0.1) is 0 Å². The van der Waals surface area contributed by atoms with Crippen molar-refractivity contribution in [2.24, 2.45) is 0 Å². The molecule has 0 spiro atoms. The van der Waals surface area contributed by atoms with E-state index in [9.17, 15) is 13.5 Å². The Morgan fingerprint density at radius 2 is 2.25 bits per heavy atom. The van der Waals surface area contributed by atoms with E-state index in [1.807, 2.05) is 0 Å². The minimum atomic E-state index is -3.31. The first-order valence-corrected chi connectivity index (χ1v) is 7.04. The van der Waals surface area contributed by atoms with Crippen LogP contribution in [0.5, 0.6) is 0 Å². The molecule has 2 atom stereocenters. The summed E-state index contributed by atoms with van der Waals surface area (Å²) >= 11 is 5.97. The molecule has 1 aromatic carbocycles. The van der Waals surface area contributed by atoms with Crippen molar-refractivity contribution in [3.05, 3.63) is 28.8 Å². The molecule has 0 amide bonds. The lowest BCUT2D eigenvalue weighted by atomic mass is 10.1. The van der Waals surface area contributed by atoms with Crippen molar-refractivity contribution >= 4 is 21.4 Å². The van der Waals surface area contributed by atoms with Crippen molar-refractivity contribution in [1.29, 1.82) is 0 Å². The summed E-state index contributed by atoms with van der Waals surface area (Å²) in [5.41, 5.74) is 0.690. The maximum atomic E-state index is 12.1. The summed E-state index contributed by atoms with van der Waals surface area (Å²) in [5, 5.41) is 9.25. The van der Waals surface area contributed by atoms with E-state index in [4.69, 9.17) is 11.6 Å². The summed E-state index contributed by atoms with van der Waals surface area (Å²) in [5.74, 6) is 0. The third-order valence-electron chi connectivity index (χ3n) is 2.86. The van der Waals surface area contributed by atoms with Gasteiger partial charge in [0.1, 0.15) is 0 Å². The van der Waals surface area contributed by atoms with Crippen molar-refractivity contribution in [3.8, 4) is 0 Å². The van der Waals surface area contributed by atoms with Crippen LogP contribution in [0.15, 0.2) is 23.1 Å². The van der Waals surface area contributed by atoms with E-state index < -0.39 is 21.2 Å². The number of rotatable bonds is 2. The van der Waals surface area contributed by atoms with Crippen LogP contribution in [0.2, 0.25) is 5.02 Å². The molecule has 0 saturated heterocycles. The van der Waals surface area contributed by atoms with Crippen molar-refractivity contribution in [2.45, 2.75) is 36.0 Å². The second-order valence-corrected chi connectivity index (χ2v) is 6.78. The molecular weight excluding hydrogens is 248 g/mol. The summed E-state index contributed by atoms with van der Waals surface area (Å²) < 4.78 is 24.2. The van der Waals surface area contributed by atoms with Gasteiger partial charge in [0.2, 0.25) is 0 Å². The number of aliphatic hydroxyl groups is 1. The maximum Gasteiger partial charge on any atom is 0.181 e. The van der Waals surface area contributed by atoms with Gasteiger partial charge in [-0.2, -0.15) is 0 Å². The lowest BCUT2D eigenvalue weighted by Gasteiger charge is -2.10. The highest BCUT2D eigenvalue weighted by Gasteiger charge is 2.38. The molecule has 1 aliphatic rings. The van der Waals surface area contributed by atoms with E-state index in [1.165, 1.54) is 0 Å². The summed E-state index contributed by atoms with van der Waals surface area (Å²) in [7, 11) is -3.31. The molecule has 3 nitrogen and oxygen atoms in total. The molecule has 88 valence electrons. The van der Waals surface area contributed by atoms with Gasteiger partial charge in [0.05, 0.1) is 16.2 Å². The minimum Gasteiger partial charge on any atom is -0.393 e. The number of sulfone groups is 1. The standard InChI is InChI=1S/C11H13ClO3S/c1-7(13)5-8-6-9-10(12)3-2-4-11(9)16(8,14)15/h2-4,7-8,13H,5-6H2,1H3. The van der Waals surface area contributed by atoms with Gasteiger partial charge in [-0.1, -0.05) is 17.7 Å². The Morgan fingerprint density at radius 1 is 1.56 bits per heavy atom. The molecule has 2 rings (SSSR count). The van der Waals surface area contributed by atoms with Crippen molar-refractivity contribution in [3.63, 3.8) is 0 Å². The summed E-state index contributed by atoms with van der Waals surface area (Å²) in [6.45, 7) is 1.60. The zero-order valence-electron chi connectivity index (χ0n) is 8.85. The lowest BCUT2D eigenvalue weighted by molar-refractivity contribution is 0.183. The number of hydrogen-bond donors (Lipinski definition) is 1. The zero-order valence-corrected chi connectivity index (χ0v) is 10.4. The van der Waals surface area contributed by atoms with Crippen LogP contribution in [0, 0.1) is 0 Å². The number of aliphatic hydroxyl groups excluding tert-OH is 1. The van der Waals surface area contributed by atoms with E-state index in [0.29, 0.717) is 21.9 Å². The molecule has 1 heterocycles. The molecule has 2 unspecified atom stereocenters. The van der Waals surface area contributed by atoms with Gasteiger partial charge in [0.25, 0.3) is 0 Å². The van der Waals surface area contributed by atoms with Gasteiger partial charge in [-0.05, 0) is 37.5 Å². The topological polar surface area (TPSA) is 54.4 Å². The molecule has 5 heteroatoms. The monoisotopic (exact) mass is 260 g/mol. The molecular formula is C11H13ClO3S. The van der Waals surface area contributed by atoms with E-state index in [2.05, 4.69) is 0 Å². The normalized spacial score (nSPS) is 24.1. The van der Waals surface area contributed by atoms with Crippen LogP contribution < -0.4 is 0 Å². The highest BCUT2D eigenvalue weighted by molar-refractivity contribution is 7.92. The third kappa shape index (κ3) is 1.85. The molecule has 16 heavy (non-hydrogen) atoms. The fourth-order valence-corrected chi connectivity index (χ4v) is 4.50. The Labute approximate surface area is 100.0 Å². The molecule has 0 saturated carbocycles. The van der Waals surface area contributed by atoms with Crippen LogP contribution in [0.25, 0.3) is 0 Å². The van der Waals surface area contributed by atoms with Crippen LogP contribution in [0.3, 0.4) is 0 Å². The van der Waals surface area contributed by atoms with E-state index in [-0.39, 0.29) is 6.42 Å². The zero-order chi connectivity index (χ0) is 11.9. The van der Waals surface area contributed by atoms with Gasteiger partial charge in [-0.25, -0.2) is 8.42 Å². The van der Waals surface area contributed by atoms with Crippen LogP contribution in [0.4, 0.5) is 0 Å². The Morgan fingerprint density at radius 3 is 2.81 bits per heavy atom. The summed E-state index contributed by atoms with van der Waals surface area (Å²) in [6.07, 6.45) is 0.0446. The Hall–Kier alpha value is -0.580. The SMILES string of the molecule is CC(O)CC1Cc2c(Cl)cccc2S1(=O)=O. The van der Waals surface area contributed by atoms with E-state index in [1.54, 1.807) is 25.1 Å². The molecule has 1 aliphatic heterocycles. The molecule has 0 bridgehead atoms. The molecule has 0 aromatic heterocycles. The van der Waals surface area contributed by atoms with Gasteiger partial charge in [0.15, 0.2) is 9.84 Å². The lowest BCUT2D eigenvalue weighted by Crippen LogP contribution is -2.22. The van der Waals surface area contributed by atoms with Crippen LogP contribution >= 0.6 is 11.6 Å². The predicted molar refractivity (Wildman–Crippen MR) is 62.4 cm³/mol. The van der Waals surface area contributed by atoms with Crippen LogP contribution in [-0.4, -0.2) is 24.9 Å². The molecule has 1 aromatic rings. The van der Waals surface area contributed by atoms with Gasteiger partial charge < -0.3 is 5.11 Å². The average molecular weight is 261 g/mol. The molecule has 1 N–H and O–H groups in total. The quantitative estimate of drug-likeness (QED) is 0.882. The van der Waals surface area contributed by atoms with Gasteiger partial charge in [-0.3, -0.25) is 0 Å². The molecule has 0 fully saturated rings. The van der Waals surface area contributed by atoms with E-state index in [0.717, 1.165) is 0 Å². The average Bonchev–Trinajstić information content (AvgIpc) is 2.41. The van der Waals surface area contributed by atoms with Gasteiger partial charge >= 0.3 is 0 Å². The Balaban J connectivity index is 2.46. The first-order valence-electron chi connectivity index (χ1n) is 5.12. The Kier molecular flexibility index (Phi) is 2.99. The fraction of sp³-hybridized carbons (Fsp3) is 0.455. The fourth-order valence-electron chi connectivity index (χ4n) is 2.11. The first-order chi connectivity index (χ1) is 7.43. The largest absolute Gasteiger partial charge is 0.393 e. The molecule has 0 radical (unpaired) electrons. The third-order valence-corrected chi connectivity index (χ3v) is 5.44. The second kappa shape index (κ2) is 4.02. The summed E-state index contributed by atoms with van der Waals surface area (Å²) in [4.78, 5) is 0.325. The number of hydrogen-bond acceptors (Lipinski definition) is 3. The summed E-state index contributed by atoms with van der Waals surface area (Å²) in [6, 6.07) is 4.92. The smallest absolute Gasteiger partial charge is 0.181 e. The first kappa shape index (κ1) is 11.9. The van der Waals surface area contributed by atoms with Crippen molar-refractivity contribution in [1.82, 2.24) is 0 Å². The predicted octanol–water partition coefficient (Wildman–Crippen LogP) is 1.81. The van der Waals surface area contributed by atoms with Crippen molar-refractivity contribution in [2.75, 3.05) is 0 Å². The second-order valence-electron chi connectivity index (χ2n) is 4.17. The number of fused-ring (bicyclic) bond motifs is 1. The van der Waals surface area contributed by atoms with Crippen LogP contribution in [-0.2, 0) is 16.3 Å². The van der Waals surface area contributed by atoms with Crippen LogP contribution in [0.1, 0.15) is 18.9 Å². The van der Waals surface area contributed by atoms with Crippen molar-refractivity contribution < 1.29 is 13.5 Å². The maximum absolute atomic E-state index is 12.1. The minimum absolute atomic E-state index is 0.257. The van der Waals surface area contributed by atoms with Gasteiger partial charge in [0, 0.05) is 5.02 Å². The Bertz CT molecular complexity index is 508. The highest BCUT2D eigenvalue weighted by Crippen LogP contribution is 2.37. The number of benzene rings is 1. The number of halogens is 1. The highest BCUT2D eigenvalue weighted by atomic mass is 35.5. The molecule has 0 aliphatic carbocycles. The van der Waals surface area contributed by atoms with E-state index >= 15 is 0 Å².